The third-order valence-electron chi connectivity index (χ3n) is 4.18. The predicted molar refractivity (Wildman–Crippen MR) is 97.4 cm³/mol. The monoisotopic (exact) mass is 361 g/mol. The molecule has 26 heavy (non-hydrogen) atoms. The third-order valence-corrected chi connectivity index (χ3v) is 4.18. The van der Waals surface area contributed by atoms with E-state index in [2.05, 4.69) is 10.4 Å². The number of aromatic nitrogens is 2. The highest BCUT2D eigenvalue weighted by molar-refractivity contribution is 5.97. The normalized spacial score (nSPS) is 17.5. The molecular weight excluding hydrogens is 338 g/mol. The minimum atomic E-state index is -0.567. The summed E-state index contributed by atoms with van der Waals surface area (Å²) in [6.45, 7) is 6.50. The van der Waals surface area contributed by atoms with Gasteiger partial charge in [-0.1, -0.05) is 0 Å². The molecular formula is C17H23N5O4. The van der Waals surface area contributed by atoms with E-state index in [1.54, 1.807) is 44.8 Å². The van der Waals surface area contributed by atoms with E-state index in [1.165, 1.54) is 6.07 Å². The number of carbonyl (C=O) groups excluding carboxylic acids is 1. The molecule has 0 unspecified atom stereocenters. The van der Waals surface area contributed by atoms with Gasteiger partial charge in [0.15, 0.2) is 0 Å². The van der Waals surface area contributed by atoms with Gasteiger partial charge in [0.25, 0.3) is 5.69 Å². The zero-order chi connectivity index (χ0) is 19.1. The predicted octanol–water partition coefficient (Wildman–Crippen LogP) is 2.58. The Morgan fingerprint density at radius 2 is 2.15 bits per heavy atom. The van der Waals surface area contributed by atoms with Gasteiger partial charge in [0.05, 0.1) is 21.9 Å². The molecule has 1 N–H and O–H groups in total. The van der Waals surface area contributed by atoms with E-state index in [1.807, 2.05) is 4.90 Å². The Morgan fingerprint density at radius 1 is 1.42 bits per heavy atom. The Hall–Kier alpha value is -2.84. The first-order valence-electron chi connectivity index (χ1n) is 8.49. The van der Waals surface area contributed by atoms with Crippen LogP contribution < -0.4 is 10.2 Å². The number of alkyl carbamates (subject to hydrolysis) is 1. The van der Waals surface area contributed by atoms with Crippen LogP contribution in [-0.2, 0) is 11.8 Å². The standard InChI is InChI=1S/C17H23N5O4/c1-17(2,3)26-16(23)18-11-7-8-21(9-11)15-12-10-20(4)19-13(12)5-6-14(15)22(24)25/h5-6,10-11H,7-9H2,1-4H3,(H,18,23)/t11-/m1/s1. The molecule has 0 spiro atoms. The van der Waals surface area contributed by atoms with Crippen LogP contribution in [0, 0.1) is 10.1 Å². The number of rotatable bonds is 3. The van der Waals surface area contributed by atoms with Crippen molar-refractivity contribution in [2.45, 2.75) is 38.8 Å². The van der Waals surface area contributed by atoms with Gasteiger partial charge in [0.2, 0.25) is 0 Å². The molecule has 1 saturated heterocycles. The maximum atomic E-state index is 12.0. The summed E-state index contributed by atoms with van der Waals surface area (Å²) < 4.78 is 6.93. The van der Waals surface area contributed by atoms with Gasteiger partial charge in [-0.2, -0.15) is 5.10 Å². The quantitative estimate of drug-likeness (QED) is 0.666. The topological polar surface area (TPSA) is 103 Å². The number of aryl methyl sites for hydroxylation is 1. The number of nitro groups is 1. The number of carbonyl (C=O) groups is 1. The Kier molecular flexibility index (Phi) is 4.47. The highest BCUT2D eigenvalue weighted by Crippen LogP contribution is 2.37. The molecule has 1 aromatic heterocycles. The lowest BCUT2D eigenvalue weighted by molar-refractivity contribution is -0.384. The number of nitro benzene ring substituents is 1. The van der Waals surface area contributed by atoms with E-state index in [9.17, 15) is 14.9 Å². The summed E-state index contributed by atoms with van der Waals surface area (Å²) in [5.74, 6) is 0. The lowest BCUT2D eigenvalue weighted by Gasteiger charge is -2.22. The first-order chi connectivity index (χ1) is 12.1. The van der Waals surface area contributed by atoms with Crippen molar-refractivity contribution in [1.82, 2.24) is 15.1 Å². The number of ether oxygens (including phenoxy) is 1. The molecule has 1 amide bonds. The van der Waals surface area contributed by atoms with Gasteiger partial charge in [0.1, 0.15) is 11.3 Å². The fourth-order valence-corrected chi connectivity index (χ4v) is 3.22. The first kappa shape index (κ1) is 18.0. The SMILES string of the molecule is Cn1cc2c(N3CC[C@@H](NC(=O)OC(C)(C)C)C3)c([N+](=O)[O-])ccc2n1. The van der Waals surface area contributed by atoms with Crippen LogP contribution in [0.25, 0.3) is 10.9 Å². The number of amides is 1. The second-order valence-electron chi connectivity index (χ2n) is 7.50. The van der Waals surface area contributed by atoms with E-state index in [-0.39, 0.29) is 16.7 Å². The third kappa shape index (κ3) is 3.71. The lowest BCUT2D eigenvalue weighted by atomic mass is 10.1. The summed E-state index contributed by atoms with van der Waals surface area (Å²) in [5, 5.41) is 19.4. The number of fused-ring (bicyclic) bond motifs is 1. The molecule has 2 aromatic rings. The van der Waals surface area contributed by atoms with Gasteiger partial charge < -0.3 is 15.0 Å². The Bertz CT molecular complexity index is 855. The molecule has 1 aliphatic heterocycles. The van der Waals surface area contributed by atoms with Gasteiger partial charge in [-0.3, -0.25) is 14.8 Å². The van der Waals surface area contributed by atoms with Crippen LogP contribution >= 0.6 is 0 Å². The zero-order valence-electron chi connectivity index (χ0n) is 15.4. The van der Waals surface area contributed by atoms with Gasteiger partial charge in [-0.15, -0.1) is 0 Å². The van der Waals surface area contributed by atoms with Crippen LogP contribution in [0.3, 0.4) is 0 Å². The summed E-state index contributed by atoms with van der Waals surface area (Å²) >= 11 is 0. The van der Waals surface area contributed by atoms with Crippen molar-refractivity contribution >= 4 is 28.4 Å². The van der Waals surface area contributed by atoms with Crippen LogP contribution in [0.2, 0.25) is 0 Å². The van der Waals surface area contributed by atoms with E-state index >= 15 is 0 Å². The number of hydrogen-bond acceptors (Lipinski definition) is 6. The molecule has 1 aliphatic rings. The van der Waals surface area contributed by atoms with Gasteiger partial charge in [0, 0.05) is 32.4 Å². The smallest absolute Gasteiger partial charge is 0.407 e. The molecule has 140 valence electrons. The first-order valence-corrected chi connectivity index (χ1v) is 8.49. The Balaban J connectivity index is 1.83. The average Bonchev–Trinajstić information content (AvgIpc) is 3.09. The van der Waals surface area contributed by atoms with Crippen LogP contribution in [0.5, 0.6) is 0 Å². The Labute approximate surface area is 151 Å². The highest BCUT2D eigenvalue weighted by atomic mass is 16.6. The second-order valence-corrected chi connectivity index (χ2v) is 7.50. The van der Waals surface area contributed by atoms with Crippen molar-refractivity contribution in [3.63, 3.8) is 0 Å². The maximum Gasteiger partial charge on any atom is 0.407 e. The van der Waals surface area contributed by atoms with Gasteiger partial charge in [-0.25, -0.2) is 4.79 Å². The van der Waals surface area contributed by atoms with Gasteiger partial charge >= 0.3 is 6.09 Å². The molecule has 1 fully saturated rings. The van der Waals surface area contributed by atoms with E-state index in [0.29, 0.717) is 30.7 Å². The molecule has 0 aliphatic carbocycles. The molecule has 9 heteroatoms. The molecule has 9 nitrogen and oxygen atoms in total. The summed E-state index contributed by atoms with van der Waals surface area (Å²) in [7, 11) is 1.78. The summed E-state index contributed by atoms with van der Waals surface area (Å²) in [4.78, 5) is 25.0. The number of nitrogens with zero attached hydrogens (tertiary/aromatic N) is 4. The molecule has 0 bridgehead atoms. The second kappa shape index (κ2) is 6.47. The maximum absolute atomic E-state index is 12.0. The largest absolute Gasteiger partial charge is 0.444 e. The van der Waals surface area contributed by atoms with Crippen LogP contribution in [-0.4, -0.2) is 45.5 Å². The number of hydrogen-bond donors (Lipinski definition) is 1. The molecule has 2 heterocycles. The van der Waals surface area contributed by atoms with Crippen LogP contribution in [0.4, 0.5) is 16.2 Å². The zero-order valence-corrected chi connectivity index (χ0v) is 15.4. The molecule has 0 saturated carbocycles. The van der Waals surface area contributed by atoms with Crippen molar-refractivity contribution in [3.05, 3.63) is 28.4 Å². The molecule has 1 aromatic carbocycles. The van der Waals surface area contributed by atoms with Gasteiger partial charge in [-0.05, 0) is 33.3 Å². The average molecular weight is 361 g/mol. The van der Waals surface area contributed by atoms with Crippen molar-refractivity contribution < 1.29 is 14.5 Å². The minimum absolute atomic E-state index is 0.0448. The van der Waals surface area contributed by atoms with Crippen LogP contribution in [0.15, 0.2) is 18.3 Å². The fourth-order valence-electron chi connectivity index (χ4n) is 3.22. The number of nitrogens with one attached hydrogen (secondary N) is 1. The van der Waals surface area contributed by atoms with Crippen molar-refractivity contribution in [2.75, 3.05) is 18.0 Å². The van der Waals surface area contributed by atoms with E-state index in [0.717, 1.165) is 5.39 Å². The Morgan fingerprint density at radius 3 is 2.81 bits per heavy atom. The molecule has 0 radical (unpaired) electrons. The van der Waals surface area contributed by atoms with E-state index in [4.69, 9.17) is 4.74 Å². The van der Waals surface area contributed by atoms with Crippen molar-refractivity contribution in [2.24, 2.45) is 7.05 Å². The lowest BCUT2D eigenvalue weighted by Crippen LogP contribution is -2.40. The highest BCUT2D eigenvalue weighted by Gasteiger charge is 2.31. The summed E-state index contributed by atoms with van der Waals surface area (Å²) in [6, 6.07) is 3.01. The molecule has 1 atom stereocenters. The number of benzene rings is 1. The summed E-state index contributed by atoms with van der Waals surface area (Å²) in [6.07, 6.45) is 2.00. The summed E-state index contributed by atoms with van der Waals surface area (Å²) in [5.41, 5.74) is 0.733. The minimum Gasteiger partial charge on any atom is -0.444 e. The van der Waals surface area contributed by atoms with Crippen molar-refractivity contribution in [1.29, 1.82) is 0 Å². The number of anilines is 1. The molecule has 3 rings (SSSR count). The van der Waals surface area contributed by atoms with Crippen LogP contribution in [0.1, 0.15) is 27.2 Å². The van der Waals surface area contributed by atoms with Crippen molar-refractivity contribution in [3.8, 4) is 0 Å². The fraction of sp³-hybridized carbons (Fsp3) is 0.529. The van der Waals surface area contributed by atoms with E-state index < -0.39 is 11.7 Å².